The van der Waals surface area contributed by atoms with Crippen LogP contribution < -0.4 is 5.32 Å². The molecule has 0 saturated carbocycles. The summed E-state index contributed by atoms with van der Waals surface area (Å²) < 4.78 is 28.0. The number of piperidine rings is 1. The lowest BCUT2D eigenvalue weighted by Crippen LogP contribution is -2.42. The molecule has 2 aromatic heterocycles. The fourth-order valence-corrected chi connectivity index (χ4v) is 5.72. The number of pyridine rings is 1. The zero-order valence-electron chi connectivity index (χ0n) is 18.7. The molecule has 9 heteroatoms. The normalized spacial score (nSPS) is 15.3. The summed E-state index contributed by atoms with van der Waals surface area (Å²) in [6.45, 7) is 2.92. The van der Waals surface area contributed by atoms with Crippen molar-refractivity contribution in [2.24, 2.45) is 0 Å². The second-order valence-electron chi connectivity index (χ2n) is 8.51. The molecule has 1 aliphatic rings. The van der Waals surface area contributed by atoms with Crippen molar-refractivity contribution < 1.29 is 8.42 Å². The molecule has 1 aliphatic heterocycles. The minimum Gasteiger partial charge on any atom is -0.367 e. The molecule has 1 saturated heterocycles. The van der Waals surface area contributed by atoms with Gasteiger partial charge in [-0.3, -0.25) is 5.10 Å². The van der Waals surface area contributed by atoms with Crippen LogP contribution in [-0.2, 0) is 10.0 Å². The molecule has 1 fully saturated rings. The standard InChI is InChI=1S/C25H24N6O2S/c1-17-2-9-25(27-16-17)28-20-10-12-31(13-11-20)34(32,33)21-6-3-18(4-7-21)19-5-8-23-22(14-19)24(15-26)30-29-23/h2-9,14,16,20H,10-13H2,1H3,(H,27,28)(H,29,30). The number of rotatable bonds is 5. The summed E-state index contributed by atoms with van der Waals surface area (Å²) in [5, 5.41) is 20.2. The van der Waals surface area contributed by atoms with Crippen LogP contribution in [0.3, 0.4) is 0 Å². The highest BCUT2D eigenvalue weighted by molar-refractivity contribution is 7.89. The van der Waals surface area contributed by atoms with Gasteiger partial charge in [0.2, 0.25) is 10.0 Å². The number of nitrogens with one attached hydrogen (secondary N) is 2. The van der Waals surface area contributed by atoms with E-state index in [0.717, 1.165) is 46.3 Å². The quantitative estimate of drug-likeness (QED) is 0.452. The van der Waals surface area contributed by atoms with E-state index in [0.29, 0.717) is 18.8 Å². The van der Waals surface area contributed by atoms with Gasteiger partial charge in [-0.15, -0.1) is 0 Å². The highest BCUT2D eigenvalue weighted by Crippen LogP contribution is 2.28. The molecule has 34 heavy (non-hydrogen) atoms. The number of fused-ring (bicyclic) bond motifs is 1. The van der Waals surface area contributed by atoms with E-state index in [-0.39, 0.29) is 10.9 Å². The number of aryl methyl sites for hydroxylation is 1. The van der Waals surface area contributed by atoms with Crippen molar-refractivity contribution in [1.82, 2.24) is 19.5 Å². The lowest BCUT2D eigenvalue weighted by Gasteiger charge is -2.32. The molecule has 0 radical (unpaired) electrons. The van der Waals surface area contributed by atoms with E-state index in [1.807, 2.05) is 43.5 Å². The number of anilines is 1. The van der Waals surface area contributed by atoms with Crippen molar-refractivity contribution in [2.45, 2.75) is 30.7 Å². The molecule has 8 nitrogen and oxygen atoms in total. The number of sulfonamides is 1. The lowest BCUT2D eigenvalue weighted by atomic mass is 10.0. The Morgan fingerprint density at radius 3 is 2.47 bits per heavy atom. The van der Waals surface area contributed by atoms with Gasteiger partial charge in [-0.05, 0) is 66.8 Å². The molecule has 0 unspecified atom stereocenters. The first-order valence-electron chi connectivity index (χ1n) is 11.1. The second-order valence-corrected chi connectivity index (χ2v) is 10.5. The first-order chi connectivity index (χ1) is 16.4. The van der Waals surface area contributed by atoms with Crippen molar-refractivity contribution in [2.75, 3.05) is 18.4 Å². The van der Waals surface area contributed by atoms with Crippen LogP contribution in [-0.4, -0.2) is 47.0 Å². The van der Waals surface area contributed by atoms with Crippen LogP contribution in [0.5, 0.6) is 0 Å². The topological polar surface area (TPSA) is 115 Å². The Kier molecular flexibility index (Phi) is 5.77. The molecule has 2 N–H and O–H groups in total. The molecular weight excluding hydrogens is 448 g/mol. The molecule has 3 heterocycles. The van der Waals surface area contributed by atoms with Crippen LogP contribution in [0, 0.1) is 18.3 Å². The number of aromatic amines is 1. The molecule has 4 aromatic rings. The van der Waals surface area contributed by atoms with Crippen LogP contribution in [0.1, 0.15) is 24.1 Å². The first kappa shape index (κ1) is 22.1. The summed E-state index contributed by atoms with van der Waals surface area (Å²) in [7, 11) is -3.57. The van der Waals surface area contributed by atoms with Crippen molar-refractivity contribution in [1.29, 1.82) is 5.26 Å². The molecule has 0 amide bonds. The Morgan fingerprint density at radius 1 is 1.06 bits per heavy atom. The van der Waals surface area contributed by atoms with Gasteiger partial charge in [-0.2, -0.15) is 14.7 Å². The third kappa shape index (κ3) is 4.25. The van der Waals surface area contributed by atoms with Crippen LogP contribution in [0.25, 0.3) is 22.0 Å². The van der Waals surface area contributed by atoms with Crippen molar-refractivity contribution in [3.63, 3.8) is 0 Å². The lowest BCUT2D eigenvalue weighted by molar-refractivity contribution is 0.329. The SMILES string of the molecule is Cc1ccc(NC2CCN(S(=O)(=O)c3ccc(-c4ccc5[nH]nc(C#N)c5c4)cc3)CC2)nc1. The van der Waals surface area contributed by atoms with Crippen molar-refractivity contribution in [3.8, 4) is 17.2 Å². The van der Waals surface area contributed by atoms with Gasteiger partial charge in [0.15, 0.2) is 5.69 Å². The highest BCUT2D eigenvalue weighted by Gasteiger charge is 2.29. The summed E-state index contributed by atoms with van der Waals surface area (Å²) in [5.41, 5.74) is 4.00. The molecule has 5 rings (SSSR count). The van der Waals surface area contributed by atoms with Gasteiger partial charge < -0.3 is 5.32 Å². The summed E-state index contributed by atoms with van der Waals surface area (Å²) >= 11 is 0. The van der Waals surface area contributed by atoms with E-state index < -0.39 is 10.0 Å². The van der Waals surface area contributed by atoms with Gasteiger partial charge in [0.1, 0.15) is 11.9 Å². The Morgan fingerprint density at radius 2 is 1.79 bits per heavy atom. The van der Waals surface area contributed by atoms with Gasteiger partial charge in [0.25, 0.3) is 0 Å². The Hall–Kier alpha value is -3.74. The highest BCUT2D eigenvalue weighted by atomic mass is 32.2. The van der Waals surface area contributed by atoms with E-state index in [1.54, 1.807) is 28.6 Å². The Balaban J connectivity index is 1.28. The van der Waals surface area contributed by atoms with Gasteiger partial charge in [-0.1, -0.05) is 24.3 Å². The van der Waals surface area contributed by atoms with E-state index in [4.69, 9.17) is 0 Å². The largest absolute Gasteiger partial charge is 0.367 e. The number of H-pyrrole nitrogens is 1. The van der Waals surface area contributed by atoms with Crippen LogP contribution in [0.2, 0.25) is 0 Å². The predicted molar refractivity (Wildman–Crippen MR) is 131 cm³/mol. The van der Waals surface area contributed by atoms with E-state index in [9.17, 15) is 13.7 Å². The monoisotopic (exact) mass is 472 g/mol. The molecule has 0 spiro atoms. The van der Waals surface area contributed by atoms with Gasteiger partial charge in [0.05, 0.1) is 10.4 Å². The maximum Gasteiger partial charge on any atom is 0.243 e. The second kappa shape index (κ2) is 8.89. The number of hydrogen-bond acceptors (Lipinski definition) is 6. The fourth-order valence-electron chi connectivity index (χ4n) is 4.25. The average Bonchev–Trinajstić information content (AvgIpc) is 3.28. The molecule has 0 atom stereocenters. The zero-order chi connectivity index (χ0) is 23.7. The van der Waals surface area contributed by atoms with Gasteiger partial charge in [0, 0.05) is 30.7 Å². The van der Waals surface area contributed by atoms with Crippen molar-refractivity contribution in [3.05, 3.63) is 72.1 Å². The summed E-state index contributed by atoms with van der Waals surface area (Å²) in [6.07, 6.45) is 3.26. The van der Waals surface area contributed by atoms with E-state index in [2.05, 4.69) is 26.6 Å². The zero-order valence-corrected chi connectivity index (χ0v) is 19.5. The van der Waals surface area contributed by atoms with Gasteiger partial charge >= 0.3 is 0 Å². The fraction of sp³-hybridized carbons (Fsp3) is 0.240. The van der Waals surface area contributed by atoms with Gasteiger partial charge in [-0.25, -0.2) is 13.4 Å². The minimum absolute atomic E-state index is 0.195. The van der Waals surface area contributed by atoms with Crippen LogP contribution in [0.15, 0.2) is 65.7 Å². The molecule has 0 aliphatic carbocycles. The molecule has 0 bridgehead atoms. The first-order valence-corrected chi connectivity index (χ1v) is 12.6. The number of nitriles is 1. The average molecular weight is 473 g/mol. The summed E-state index contributed by atoms with van der Waals surface area (Å²) in [5.74, 6) is 0.818. The van der Waals surface area contributed by atoms with Crippen LogP contribution >= 0.6 is 0 Å². The Labute approximate surface area is 198 Å². The maximum absolute atomic E-state index is 13.2. The van der Waals surface area contributed by atoms with E-state index in [1.165, 1.54) is 0 Å². The number of aromatic nitrogens is 3. The smallest absolute Gasteiger partial charge is 0.243 e. The summed E-state index contributed by atoms with van der Waals surface area (Å²) in [4.78, 5) is 4.66. The number of benzene rings is 2. The minimum atomic E-state index is -3.57. The number of nitrogens with zero attached hydrogens (tertiary/aromatic N) is 4. The third-order valence-corrected chi connectivity index (χ3v) is 8.12. The maximum atomic E-state index is 13.2. The number of hydrogen-bond donors (Lipinski definition) is 2. The molecule has 172 valence electrons. The van der Waals surface area contributed by atoms with E-state index >= 15 is 0 Å². The predicted octanol–water partition coefficient (Wildman–Crippen LogP) is 4.07. The molecule has 2 aromatic carbocycles. The summed E-state index contributed by atoms with van der Waals surface area (Å²) in [6, 6.07) is 18.8. The Bertz CT molecular complexity index is 1460. The van der Waals surface area contributed by atoms with Crippen LogP contribution in [0.4, 0.5) is 5.82 Å². The third-order valence-electron chi connectivity index (χ3n) is 6.21. The molecular formula is C25H24N6O2S. The van der Waals surface area contributed by atoms with Crippen molar-refractivity contribution >= 4 is 26.7 Å².